The van der Waals surface area contributed by atoms with E-state index >= 15 is 0 Å². The van der Waals surface area contributed by atoms with Crippen molar-refractivity contribution in [2.75, 3.05) is 13.2 Å². The van der Waals surface area contributed by atoms with Gasteiger partial charge >= 0.3 is 0 Å². The zero-order valence-corrected chi connectivity index (χ0v) is 16.9. The molecule has 1 aromatic carbocycles. The van der Waals surface area contributed by atoms with Crippen molar-refractivity contribution in [3.05, 3.63) is 33.8 Å². The summed E-state index contributed by atoms with van der Waals surface area (Å²) in [5.74, 6) is 0.0554. The van der Waals surface area contributed by atoms with Crippen LogP contribution in [0.1, 0.15) is 38.3 Å². The summed E-state index contributed by atoms with van der Waals surface area (Å²) in [6.07, 6.45) is 1.54. The van der Waals surface area contributed by atoms with Crippen LogP contribution in [0.15, 0.2) is 22.7 Å². The second-order valence-corrected chi connectivity index (χ2v) is 8.05. The normalized spacial score (nSPS) is 27.7. The zero-order valence-electron chi connectivity index (χ0n) is 14.5. The van der Waals surface area contributed by atoms with Gasteiger partial charge in [-0.25, -0.2) is 0 Å². The van der Waals surface area contributed by atoms with Gasteiger partial charge in [0.25, 0.3) is 0 Å². The number of rotatable bonds is 3. The van der Waals surface area contributed by atoms with Crippen molar-refractivity contribution < 1.29 is 9.53 Å². The SMILES string of the molecule is CCOC1CC(N)(C(=O)N2CCc3cccc(Br)c3C2)C1(C)C.Cl. The summed E-state index contributed by atoms with van der Waals surface area (Å²) in [4.78, 5) is 15.0. The Bertz CT molecular complexity index is 637. The molecule has 4 nitrogen and oxygen atoms in total. The third-order valence-corrected chi connectivity index (χ3v) is 6.46. The van der Waals surface area contributed by atoms with Gasteiger partial charge in [-0.15, -0.1) is 12.4 Å². The fourth-order valence-corrected chi connectivity index (χ4v) is 4.33. The van der Waals surface area contributed by atoms with E-state index < -0.39 is 5.54 Å². The van der Waals surface area contributed by atoms with Gasteiger partial charge in [-0.1, -0.05) is 41.9 Å². The standard InChI is InChI=1S/C18H25BrN2O2.ClH/c1-4-23-15-10-18(20,17(15,2)3)16(22)21-9-8-12-6-5-7-14(19)13(12)11-21;/h5-7,15H,4,8-11,20H2,1-3H3;1H. The number of hydrogen-bond acceptors (Lipinski definition) is 3. The van der Waals surface area contributed by atoms with Gasteiger partial charge in [0, 0.05) is 36.0 Å². The van der Waals surface area contributed by atoms with Crippen LogP contribution in [-0.2, 0) is 22.5 Å². The predicted molar refractivity (Wildman–Crippen MR) is 101 cm³/mol. The molecule has 1 aliphatic heterocycles. The lowest BCUT2D eigenvalue weighted by atomic mass is 9.54. The summed E-state index contributed by atoms with van der Waals surface area (Å²) in [5.41, 5.74) is 7.90. The van der Waals surface area contributed by atoms with Crippen LogP contribution >= 0.6 is 28.3 Å². The number of nitrogens with zero attached hydrogens (tertiary/aromatic N) is 1. The lowest BCUT2D eigenvalue weighted by Crippen LogP contribution is -2.76. The quantitative estimate of drug-likeness (QED) is 0.821. The third-order valence-electron chi connectivity index (χ3n) is 5.71. The Morgan fingerprint density at radius 2 is 2.17 bits per heavy atom. The molecule has 134 valence electrons. The van der Waals surface area contributed by atoms with Gasteiger partial charge in [-0.3, -0.25) is 4.79 Å². The molecule has 0 spiro atoms. The first-order valence-electron chi connectivity index (χ1n) is 8.27. The first-order chi connectivity index (χ1) is 10.8. The molecule has 2 atom stereocenters. The van der Waals surface area contributed by atoms with Crippen LogP contribution in [0.3, 0.4) is 0 Å². The average Bonchev–Trinajstić information content (AvgIpc) is 2.54. The fourth-order valence-electron chi connectivity index (χ4n) is 3.79. The molecule has 1 fully saturated rings. The second-order valence-electron chi connectivity index (χ2n) is 7.20. The molecule has 0 radical (unpaired) electrons. The highest BCUT2D eigenvalue weighted by molar-refractivity contribution is 9.10. The van der Waals surface area contributed by atoms with Crippen molar-refractivity contribution in [3.63, 3.8) is 0 Å². The minimum Gasteiger partial charge on any atom is -0.378 e. The molecule has 1 aliphatic carbocycles. The number of benzene rings is 1. The van der Waals surface area contributed by atoms with Crippen LogP contribution in [0.25, 0.3) is 0 Å². The van der Waals surface area contributed by atoms with Crippen molar-refractivity contribution in [3.8, 4) is 0 Å². The fraction of sp³-hybridized carbons (Fsp3) is 0.611. The Balaban J connectivity index is 0.00000208. The number of fused-ring (bicyclic) bond motifs is 1. The Hall–Kier alpha value is -0.620. The van der Waals surface area contributed by atoms with Crippen LogP contribution < -0.4 is 5.73 Å². The van der Waals surface area contributed by atoms with Crippen molar-refractivity contribution in [2.45, 2.75) is 51.8 Å². The number of amides is 1. The summed E-state index contributed by atoms with van der Waals surface area (Å²) >= 11 is 3.60. The van der Waals surface area contributed by atoms with Crippen LogP contribution in [0.2, 0.25) is 0 Å². The van der Waals surface area contributed by atoms with Crippen LogP contribution in [0.4, 0.5) is 0 Å². The van der Waals surface area contributed by atoms with Crippen molar-refractivity contribution in [1.82, 2.24) is 4.90 Å². The van der Waals surface area contributed by atoms with E-state index in [0.717, 1.165) is 17.4 Å². The van der Waals surface area contributed by atoms with Gasteiger partial charge in [0.15, 0.2) is 0 Å². The number of hydrogen-bond donors (Lipinski definition) is 1. The highest BCUT2D eigenvalue weighted by atomic mass is 79.9. The Morgan fingerprint density at radius 1 is 1.46 bits per heavy atom. The Morgan fingerprint density at radius 3 is 2.79 bits per heavy atom. The molecule has 2 aliphatic rings. The maximum absolute atomic E-state index is 13.1. The molecular weight excluding hydrogens is 392 g/mol. The number of carbonyl (C=O) groups excluding carboxylic acids is 1. The summed E-state index contributed by atoms with van der Waals surface area (Å²) in [7, 11) is 0. The lowest BCUT2D eigenvalue weighted by molar-refractivity contribution is -0.180. The summed E-state index contributed by atoms with van der Waals surface area (Å²) in [6.45, 7) is 8.08. The van der Waals surface area contributed by atoms with E-state index in [2.05, 4.69) is 22.0 Å². The maximum Gasteiger partial charge on any atom is 0.243 e. The summed E-state index contributed by atoms with van der Waals surface area (Å²) in [5, 5.41) is 0. The van der Waals surface area contributed by atoms with Gasteiger partial charge in [-0.2, -0.15) is 0 Å². The number of ether oxygens (including phenoxy) is 1. The third kappa shape index (κ3) is 2.90. The molecule has 24 heavy (non-hydrogen) atoms. The van der Waals surface area contributed by atoms with Crippen molar-refractivity contribution in [1.29, 1.82) is 0 Å². The molecule has 0 aromatic heterocycles. The largest absolute Gasteiger partial charge is 0.378 e. The van der Waals surface area contributed by atoms with E-state index in [4.69, 9.17) is 10.5 Å². The molecule has 3 rings (SSSR count). The molecule has 1 amide bonds. The minimum absolute atomic E-state index is 0. The highest BCUT2D eigenvalue weighted by Gasteiger charge is 2.63. The molecule has 6 heteroatoms. The summed E-state index contributed by atoms with van der Waals surface area (Å²) < 4.78 is 6.81. The van der Waals surface area contributed by atoms with E-state index in [1.165, 1.54) is 11.1 Å². The first kappa shape index (κ1) is 19.7. The van der Waals surface area contributed by atoms with Gasteiger partial charge in [-0.05, 0) is 30.5 Å². The first-order valence-corrected chi connectivity index (χ1v) is 9.06. The summed E-state index contributed by atoms with van der Waals surface area (Å²) in [6, 6.07) is 6.22. The van der Waals surface area contributed by atoms with Gasteiger partial charge in [0.1, 0.15) is 5.54 Å². The van der Waals surface area contributed by atoms with Gasteiger partial charge in [0.2, 0.25) is 5.91 Å². The molecule has 2 N–H and O–H groups in total. The lowest BCUT2D eigenvalue weighted by Gasteiger charge is -2.59. The monoisotopic (exact) mass is 416 g/mol. The number of halogens is 2. The van der Waals surface area contributed by atoms with E-state index in [1.54, 1.807) is 0 Å². The van der Waals surface area contributed by atoms with Gasteiger partial charge in [0.05, 0.1) is 6.10 Å². The predicted octanol–water partition coefficient (Wildman–Crippen LogP) is 3.29. The van der Waals surface area contributed by atoms with E-state index in [-0.39, 0.29) is 29.8 Å². The van der Waals surface area contributed by atoms with Crippen molar-refractivity contribution in [2.24, 2.45) is 11.1 Å². The maximum atomic E-state index is 13.1. The van der Waals surface area contributed by atoms with Crippen molar-refractivity contribution >= 4 is 34.2 Å². The van der Waals surface area contributed by atoms with E-state index in [1.807, 2.05) is 37.8 Å². The van der Waals surface area contributed by atoms with E-state index in [0.29, 0.717) is 19.6 Å². The second kappa shape index (κ2) is 6.94. The van der Waals surface area contributed by atoms with Crippen LogP contribution in [0.5, 0.6) is 0 Å². The topological polar surface area (TPSA) is 55.6 Å². The highest BCUT2D eigenvalue weighted by Crippen LogP contribution is 2.51. The molecule has 0 bridgehead atoms. The molecule has 2 unspecified atom stereocenters. The molecule has 0 saturated heterocycles. The van der Waals surface area contributed by atoms with Crippen LogP contribution in [-0.4, -0.2) is 35.6 Å². The van der Waals surface area contributed by atoms with Gasteiger partial charge < -0.3 is 15.4 Å². The minimum atomic E-state index is -0.828. The number of carbonyl (C=O) groups is 1. The molecule has 1 aromatic rings. The zero-order chi connectivity index (χ0) is 16.8. The Kier molecular flexibility index (Phi) is 5.70. The number of nitrogens with two attached hydrogens (primary N) is 1. The molecule has 1 heterocycles. The van der Waals surface area contributed by atoms with E-state index in [9.17, 15) is 4.79 Å². The van der Waals surface area contributed by atoms with Crippen LogP contribution in [0, 0.1) is 5.41 Å². The molecule has 1 saturated carbocycles. The Labute approximate surface area is 158 Å². The average molecular weight is 418 g/mol. The smallest absolute Gasteiger partial charge is 0.243 e. The molecular formula is C18H26BrClN2O2.